The molecule has 0 aliphatic heterocycles. The van der Waals surface area contributed by atoms with Crippen LogP contribution in [-0.2, 0) is 9.59 Å². The Morgan fingerprint density at radius 2 is 1.17 bits per heavy atom. The molecule has 0 aromatic heterocycles. The highest BCUT2D eigenvalue weighted by Gasteiger charge is 2.18. The van der Waals surface area contributed by atoms with Gasteiger partial charge in [0.15, 0.2) is 0 Å². The second kappa shape index (κ2) is 15.3. The van der Waals surface area contributed by atoms with Crippen LogP contribution in [0, 0.1) is 0 Å². The van der Waals surface area contributed by atoms with Gasteiger partial charge in [0.2, 0.25) is 0 Å². The average molecular weight is 491 g/mol. The molecule has 4 nitrogen and oxygen atoms in total. The summed E-state index contributed by atoms with van der Waals surface area (Å²) in [4.78, 5) is 25.5. The Balaban J connectivity index is 1.75. The van der Waals surface area contributed by atoms with Crippen molar-refractivity contribution in [2.45, 2.75) is 104 Å². The van der Waals surface area contributed by atoms with Crippen LogP contribution in [-0.4, -0.2) is 11.9 Å². The molecule has 3 aromatic carbocycles. The third-order valence-electron chi connectivity index (χ3n) is 6.71. The summed E-state index contributed by atoms with van der Waals surface area (Å²) in [5, 5.41) is 3.41. The molecule has 0 N–H and O–H groups in total. The fourth-order valence-electron chi connectivity index (χ4n) is 4.67. The first-order chi connectivity index (χ1) is 17.6. The molecule has 0 radical (unpaired) electrons. The van der Waals surface area contributed by atoms with E-state index < -0.39 is 0 Å². The molecule has 36 heavy (non-hydrogen) atoms. The van der Waals surface area contributed by atoms with Crippen LogP contribution in [0.5, 0.6) is 11.5 Å². The maximum Gasteiger partial charge on any atom is 0.311 e. The van der Waals surface area contributed by atoms with Gasteiger partial charge in [-0.3, -0.25) is 9.59 Å². The summed E-state index contributed by atoms with van der Waals surface area (Å²) in [6.45, 7) is 4.40. The molecule has 194 valence electrons. The van der Waals surface area contributed by atoms with E-state index in [1.165, 1.54) is 38.5 Å². The monoisotopic (exact) mass is 490 g/mol. The van der Waals surface area contributed by atoms with E-state index in [9.17, 15) is 9.59 Å². The summed E-state index contributed by atoms with van der Waals surface area (Å²) in [5.74, 6) is 0.463. The number of ether oxygens (including phenoxy) is 2. The van der Waals surface area contributed by atoms with Crippen LogP contribution in [0.3, 0.4) is 0 Å². The second-order valence-electron chi connectivity index (χ2n) is 9.76. The van der Waals surface area contributed by atoms with Crippen molar-refractivity contribution < 1.29 is 19.1 Å². The van der Waals surface area contributed by atoms with E-state index in [0.29, 0.717) is 29.7 Å². The number of rotatable bonds is 16. The molecule has 0 bridgehead atoms. The smallest absolute Gasteiger partial charge is 0.311 e. The topological polar surface area (TPSA) is 52.6 Å². The molecular weight excluding hydrogens is 448 g/mol. The van der Waals surface area contributed by atoms with E-state index in [1.54, 1.807) is 6.07 Å². The minimum absolute atomic E-state index is 0.239. The van der Waals surface area contributed by atoms with Crippen molar-refractivity contribution in [3.05, 3.63) is 48.5 Å². The second-order valence-corrected chi connectivity index (χ2v) is 9.76. The van der Waals surface area contributed by atoms with Gasteiger partial charge in [0.05, 0.1) is 5.39 Å². The van der Waals surface area contributed by atoms with E-state index >= 15 is 0 Å². The number of hydrogen-bond acceptors (Lipinski definition) is 4. The average Bonchev–Trinajstić information content (AvgIpc) is 2.88. The lowest BCUT2D eigenvalue weighted by Crippen LogP contribution is -2.10. The number of carbonyl (C=O) groups is 2. The summed E-state index contributed by atoms with van der Waals surface area (Å²) in [6, 6.07) is 15.6. The summed E-state index contributed by atoms with van der Waals surface area (Å²) >= 11 is 0. The highest BCUT2D eigenvalue weighted by Crippen LogP contribution is 2.40. The maximum absolute atomic E-state index is 12.8. The lowest BCUT2D eigenvalue weighted by molar-refractivity contribution is -0.135. The lowest BCUT2D eigenvalue weighted by atomic mass is 10.0. The number of benzene rings is 3. The van der Waals surface area contributed by atoms with Crippen molar-refractivity contribution in [1.29, 1.82) is 0 Å². The van der Waals surface area contributed by atoms with Gasteiger partial charge in [0.25, 0.3) is 0 Å². The van der Waals surface area contributed by atoms with E-state index in [-0.39, 0.29) is 11.9 Å². The van der Waals surface area contributed by atoms with Gasteiger partial charge in [0, 0.05) is 18.2 Å². The molecule has 3 rings (SSSR count). The van der Waals surface area contributed by atoms with Crippen molar-refractivity contribution in [2.24, 2.45) is 0 Å². The van der Waals surface area contributed by atoms with Crippen LogP contribution >= 0.6 is 0 Å². The third-order valence-corrected chi connectivity index (χ3v) is 6.71. The van der Waals surface area contributed by atoms with Gasteiger partial charge in [-0.05, 0) is 35.7 Å². The van der Waals surface area contributed by atoms with Crippen LogP contribution < -0.4 is 9.47 Å². The van der Waals surface area contributed by atoms with E-state index in [4.69, 9.17) is 9.47 Å². The highest BCUT2D eigenvalue weighted by atomic mass is 16.5. The predicted octanol–water partition coefficient (Wildman–Crippen LogP) is 9.30. The predicted molar refractivity (Wildman–Crippen MR) is 149 cm³/mol. The number of carbonyl (C=O) groups excluding carboxylic acids is 2. The van der Waals surface area contributed by atoms with Gasteiger partial charge in [-0.2, -0.15) is 0 Å². The normalized spacial score (nSPS) is 11.2. The molecule has 0 unspecified atom stereocenters. The van der Waals surface area contributed by atoms with Crippen LogP contribution in [0.1, 0.15) is 104 Å². The molecule has 0 amide bonds. The van der Waals surface area contributed by atoms with Crippen LogP contribution in [0.2, 0.25) is 0 Å². The van der Waals surface area contributed by atoms with Gasteiger partial charge in [0.1, 0.15) is 11.5 Å². The summed E-state index contributed by atoms with van der Waals surface area (Å²) < 4.78 is 11.8. The zero-order valence-electron chi connectivity index (χ0n) is 22.2. The molecule has 0 saturated heterocycles. The Bertz CT molecular complexity index is 1120. The summed E-state index contributed by atoms with van der Waals surface area (Å²) in [7, 11) is 0. The van der Waals surface area contributed by atoms with Gasteiger partial charge in [-0.15, -0.1) is 0 Å². The molecule has 3 aromatic rings. The molecule has 0 atom stereocenters. The van der Waals surface area contributed by atoms with Gasteiger partial charge >= 0.3 is 11.9 Å². The summed E-state index contributed by atoms with van der Waals surface area (Å²) in [5.41, 5.74) is 0. The van der Waals surface area contributed by atoms with Crippen LogP contribution in [0.25, 0.3) is 21.5 Å². The van der Waals surface area contributed by atoms with Gasteiger partial charge < -0.3 is 9.47 Å². The standard InChI is InChI=1S/C32H42O4/c1-3-5-7-9-11-13-22-29(33)35-28-21-17-19-26-24-25-18-15-16-20-27(25)32(31(26)28)36-30(34)23-14-12-10-8-6-4-2/h15-21,24H,3-14,22-23H2,1-2H3. The first kappa shape index (κ1) is 27.7. The quantitative estimate of drug-likeness (QED) is 0.0868. The van der Waals surface area contributed by atoms with Crippen molar-refractivity contribution in [3.63, 3.8) is 0 Å². The number of unbranched alkanes of at least 4 members (excludes halogenated alkanes) is 10. The molecule has 0 aliphatic carbocycles. The fraction of sp³-hybridized carbons (Fsp3) is 0.500. The van der Waals surface area contributed by atoms with Crippen LogP contribution in [0.4, 0.5) is 0 Å². The molecular formula is C32H42O4. The number of hydrogen-bond donors (Lipinski definition) is 0. The van der Waals surface area contributed by atoms with Crippen molar-refractivity contribution in [2.75, 3.05) is 0 Å². The van der Waals surface area contributed by atoms with Crippen LogP contribution in [0.15, 0.2) is 48.5 Å². The molecule has 4 heteroatoms. The Kier molecular flexibility index (Phi) is 11.8. The van der Waals surface area contributed by atoms with Crippen molar-refractivity contribution >= 4 is 33.5 Å². The fourth-order valence-corrected chi connectivity index (χ4v) is 4.67. The van der Waals surface area contributed by atoms with E-state index in [1.807, 2.05) is 36.4 Å². The van der Waals surface area contributed by atoms with E-state index in [2.05, 4.69) is 19.9 Å². The number of esters is 2. The Labute approximate surface area is 216 Å². The largest absolute Gasteiger partial charge is 0.426 e. The Hall–Kier alpha value is -2.88. The minimum Gasteiger partial charge on any atom is -0.426 e. The third kappa shape index (κ3) is 8.36. The number of fused-ring (bicyclic) bond motifs is 2. The van der Waals surface area contributed by atoms with Crippen molar-refractivity contribution in [1.82, 2.24) is 0 Å². The molecule has 0 heterocycles. The van der Waals surface area contributed by atoms with Gasteiger partial charge in [-0.25, -0.2) is 0 Å². The SMILES string of the molecule is CCCCCCCCC(=O)Oc1cccc2cc3ccccc3c(OC(=O)CCCCCCCC)c12. The molecule has 0 saturated carbocycles. The highest BCUT2D eigenvalue weighted by molar-refractivity contribution is 6.09. The zero-order chi connectivity index (χ0) is 25.6. The first-order valence-electron chi connectivity index (χ1n) is 14.0. The molecule has 0 fully saturated rings. The minimum atomic E-state index is -0.240. The molecule has 0 aliphatic rings. The Morgan fingerprint density at radius 3 is 1.83 bits per heavy atom. The lowest BCUT2D eigenvalue weighted by Gasteiger charge is -2.15. The zero-order valence-corrected chi connectivity index (χ0v) is 22.2. The Morgan fingerprint density at radius 1 is 0.611 bits per heavy atom. The molecule has 0 spiro atoms. The maximum atomic E-state index is 12.8. The first-order valence-corrected chi connectivity index (χ1v) is 14.0. The summed E-state index contributed by atoms with van der Waals surface area (Å²) in [6.07, 6.45) is 14.2. The van der Waals surface area contributed by atoms with Gasteiger partial charge in [-0.1, -0.05) is 114 Å². The van der Waals surface area contributed by atoms with Crippen molar-refractivity contribution in [3.8, 4) is 11.5 Å². The van der Waals surface area contributed by atoms with E-state index in [0.717, 1.165) is 54.7 Å².